The van der Waals surface area contributed by atoms with Crippen molar-refractivity contribution in [3.05, 3.63) is 84.2 Å². The molecule has 0 saturated carbocycles. The minimum atomic E-state index is -0.712. The molecule has 0 radical (unpaired) electrons. The summed E-state index contributed by atoms with van der Waals surface area (Å²) in [6.07, 6.45) is -0.712. The number of benzene rings is 3. The van der Waals surface area contributed by atoms with E-state index < -0.39 is 6.10 Å². The summed E-state index contributed by atoms with van der Waals surface area (Å²) in [6, 6.07) is 22.3. The van der Waals surface area contributed by atoms with Crippen molar-refractivity contribution in [2.45, 2.75) is 13.0 Å². The van der Waals surface area contributed by atoms with Gasteiger partial charge in [-0.3, -0.25) is 4.79 Å². The molecule has 5 heteroatoms. The van der Waals surface area contributed by atoms with Gasteiger partial charge in [0, 0.05) is 5.69 Å². The topological polar surface area (TPSA) is 62.1 Å². The molecule has 1 N–H and O–H groups in total. The number of halogens is 1. The number of amides is 1. The Morgan fingerprint density at radius 3 is 2.07 bits per heavy atom. The Morgan fingerprint density at radius 1 is 0.963 bits per heavy atom. The Morgan fingerprint density at radius 2 is 1.52 bits per heavy atom. The molecule has 0 aliphatic heterocycles. The SMILES string of the molecule is C[C@H](Oc1ccc(-c2ccc(C#N)cc2)cc1)C(=O)Nc1ccc(F)cc1. The van der Waals surface area contributed by atoms with Crippen LogP contribution in [0.2, 0.25) is 0 Å². The fraction of sp³-hybridized carbons (Fsp3) is 0.0909. The average Bonchev–Trinajstić information content (AvgIpc) is 2.70. The van der Waals surface area contributed by atoms with E-state index in [1.54, 1.807) is 31.2 Å². The fourth-order valence-corrected chi connectivity index (χ4v) is 2.50. The summed E-state index contributed by atoms with van der Waals surface area (Å²) in [5.74, 6) is -0.119. The molecule has 27 heavy (non-hydrogen) atoms. The van der Waals surface area contributed by atoms with E-state index in [4.69, 9.17) is 10.00 Å². The number of nitrogens with zero attached hydrogens (tertiary/aromatic N) is 1. The molecule has 3 aromatic carbocycles. The third-order valence-corrected chi connectivity index (χ3v) is 4.00. The van der Waals surface area contributed by atoms with Gasteiger partial charge in [0.05, 0.1) is 11.6 Å². The Hall–Kier alpha value is -3.65. The number of anilines is 1. The Labute approximate surface area is 156 Å². The molecule has 0 aliphatic carbocycles. The first-order valence-electron chi connectivity index (χ1n) is 8.39. The first kappa shape index (κ1) is 18.2. The minimum Gasteiger partial charge on any atom is -0.481 e. The van der Waals surface area contributed by atoms with Gasteiger partial charge in [-0.2, -0.15) is 5.26 Å². The van der Waals surface area contributed by atoms with Gasteiger partial charge < -0.3 is 10.1 Å². The highest BCUT2D eigenvalue weighted by molar-refractivity contribution is 5.94. The molecule has 134 valence electrons. The standard InChI is InChI=1S/C22H17FN2O2/c1-15(22(26)25-20-10-8-19(23)9-11-20)27-21-12-6-18(7-13-21)17-4-2-16(14-24)3-5-17/h2-13,15H,1H3,(H,25,26)/t15-/m0/s1. The van der Waals surface area contributed by atoms with Crippen LogP contribution in [0, 0.1) is 17.1 Å². The lowest BCUT2D eigenvalue weighted by molar-refractivity contribution is -0.122. The maximum absolute atomic E-state index is 12.9. The van der Waals surface area contributed by atoms with Crippen molar-refractivity contribution in [1.29, 1.82) is 5.26 Å². The second-order valence-corrected chi connectivity index (χ2v) is 5.97. The van der Waals surface area contributed by atoms with Gasteiger partial charge in [-0.05, 0) is 66.6 Å². The minimum absolute atomic E-state index is 0.322. The molecule has 0 unspecified atom stereocenters. The second-order valence-electron chi connectivity index (χ2n) is 5.97. The summed E-state index contributed by atoms with van der Waals surface area (Å²) in [4.78, 5) is 12.2. The van der Waals surface area contributed by atoms with E-state index in [2.05, 4.69) is 11.4 Å². The van der Waals surface area contributed by atoms with Crippen molar-refractivity contribution in [3.8, 4) is 22.9 Å². The summed E-state index contributed by atoms with van der Waals surface area (Å²) in [6.45, 7) is 1.65. The van der Waals surface area contributed by atoms with Crippen LogP contribution in [-0.4, -0.2) is 12.0 Å². The maximum atomic E-state index is 12.9. The Balaban J connectivity index is 1.62. The molecular weight excluding hydrogens is 343 g/mol. The van der Waals surface area contributed by atoms with E-state index in [0.717, 1.165) is 11.1 Å². The molecule has 0 aliphatic rings. The Bertz CT molecular complexity index is 959. The molecule has 0 bridgehead atoms. The third kappa shape index (κ3) is 4.71. The van der Waals surface area contributed by atoms with E-state index in [-0.39, 0.29) is 11.7 Å². The van der Waals surface area contributed by atoms with Gasteiger partial charge in [0.1, 0.15) is 11.6 Å². The zero-order chi connectivity index (χ0) is 19.2. The van der Waals surface area contributed by atoms with E-state index in [1.807, 2.05) is 24.3 Å². The van der Waals surface area contributed by atoms with Gasteiger partial charge in [-0.15, -0.1) is 0 Å². The van der Waals surface area contributed by atoms with Crippen molar-refractivity contribution in [2.24, 2.45) is 0 Å². The molecule has 4 nitrogen and oxygen atoms in total. The lowest BCUT2D eigenvalue weighted by Gasteiger charge is -2.15. The molecule has 1 atom stereocenters. The molecule has 3 rings (SSSR count). The van der Waals surface area contributed by atoms with Crippen LogP contribution in [0.3, 0.4) is 0 Å². The number of nitrogens with one attached hydrogen (secondary N) is 1. The predicted molar refractivity (Wildman–Crippen MR) is 102 cm³/mol. The van der Waals surface area contributed by atoms with E-state index in [1.165, 1.54) is 24.3 Å². The van der Waals surface area contributed by atoms with E-state index in [0.29, 0.717) is 17.0 Å². The highest BCUT2D eigenvalue weighted by atomic mass is 19.1. The lowest BCUT2D eigenvalue weighted by atomic mass is 10.0. The molecule has 1 amide bonds. The zero-order valence-corrected chi connectivity index (χ0v) is 14.6. The van der Waals surface area contributed by atoms with Crippen LogP contribution in [-0.2, 0) is 4.79 Å². The van der Waals surface area contributed by atoms with Crippen molar-refractivity contribution >= 4 is 11.6 Å². The van der Waals surface area contributed by atoms with Gasteiger partial charge in [0.15, 0.2) is 6.10 Å². The highest BCUT2D eigenvalue weighted by Crippen LogP contribution is 2.23. The van der Waals surface area contributed by atoms with Gasteiger partial charge in [0.2, 0.25) is 0 Å². The third-order valence-electron chi connectivity index (χ3n) is 4.00. The summed E-state index contributed by atoms with van der Waals surface area (Å²) in [5, 5.41) is 11.5. The molecule has 0 aromatic heterocycles. The summed E-state index contributed by atoms with van der Waals surface area (Å²) >= 11 is 0. The van der Waals surface area contributed by atoms with Gasteiger partial charge in [-0.25, -0.2) is 4.39 Å². The number of nitriles is 1. The first-order chi connectivity index (χ1) is 13.0. The van der Waals surface area contributed by atoms with Gasteiger partial charge in [0.25, 0.3) is 5.91 Å². The second kappa shape index (κ2) is 8.15. The van der Waals surface area contributed by atoms with Crippen molar-refractivity contribution in [3.63, 3.8) is 0 Å². The number of carbonyl (C=O) groups excluding carboxylic acids is 1. The van der Waals surface area contributed by atoms with Crippen LogP contribution in [0.25, 0.3) is 11.1 Å². The van der Waals surface area contributed by atoms with Crippen LogP contribution in [0.15, 0.2) is 72.8 Å². The van der Waals surface area contributed by atoms with Crippen LogP contribution >= 0.6 is 0 Å². The molecule has 3 aromatic rings. The molecule has 0 spiro atoms. The zero-order valence-electron chi connectivity index (χ0n) is 14.6. The fourth-order valence-electron chi connectivity index (χ4n) is 2.50. The average molecular weight is 360 g/mol. The molecule has 0 saturated heterocycles. The molecule has 0 fully saturated rings. The summed E-state index contributed by atoms with van der Waals surface area (Å²) in [7, 11) is 0. The largest absolute Gasteiger partial charge is 0.481 e. The van der Waals surface area contributed by atoms with Crippen LogP contribution in [0.5, 0.6) is 5.75 Å². The first-order valence-corrected chi connectivity index (χ1v) is 8.39. The monoisotopic (exact) mass is 360 g/mol. The maximum Gasteiger partial charge on any atom is 0.265 e. The van der Waals surface area contributed by atoms with Crippen LogP contribution in [0.4, 0.5) is 10.1 Å². The lowest BCUT2D eigenvalue weighted by Crippen LogP contribution is -2.30. The highest BCUT2D eigenvalue weighted by Gasteiger charge is 2.15. The Kier molecular flexibility index (Phi) is 5.48. The quantitative estimate of drug-likeness (QED) is 0.713. The normalized spacial score (nSPS) is 11.3. The van der Waals surface area contributed by atoms with Crippen LogP contribution < -0.4 is 10.1 Å². The summed E-state index contributed by atoms with van der Waals surface area (Å²) in [5.41, 5.74) is 3.09. The van der Waals surface area contributed by atoms with Gasteiger partial charge in [-0.1, -0.05) is 24.3 Å². The van der Waals surface area contributed by atoms with Crippen molar-refractivity contribution in [1.82, 2.24) is 0 Å². The smallest absolute Gasteiger partial charge is 0.265 e. The number of hydrogen-bond donors (Lipinski definition) is 1. The summed E-state index contributed by atoms with van der Waals surface area (Å²) < 4.78 is 18.6. The predicted octanol–water partition coefficient (Wildman–Crippen LogP) is 4.77. The van der Waals surface area contributed by atoms with E-state index >= 15 is 0 Å². The number of rotatable bonds is 5. The van der Waals surface area contributed by atoms with Crippen LogP contribution in [0.1, 0.15) is 12.5 Å². The van der Waals surface area contributed by atoms with E-state index in [9.17, 15) is 9.18 Å². The number of hydrogen-bond acceptors (Lipinski definition) is 3. The van der Waals surface area contributed by atoms with Crippen molar-refractivity contribution in [2.75, 3.05) is 5.32 Å². The molecule has 0 heterocycles. The number of ether oxygens (including phenoxy) is 1. The van der Waals surface area contributed by atoms with Gasteiger partial charge >= 0.3 is 0 Å². The molecular formula is C22H17FN2O2. The van der Waals surface area contributed by atoms with Crippen molar-refractivity contribution < 1.29 is 13.9 Å². The number of carbonyl (C=O) groups is 1.